The summed E-state index contributed by atoms with van der Waals surface area (Å²) in [5.74, 6) is 0.322. The molecule has 1 N–H and O–H groups in total. The van der Waals surface area contributed by atoms with Crippen molar-refractivity contribution in [2.24, 2.45) is 5.92 Å². The van der Waals surface area contributed by atoms with Crippen LogP contribution in [0.1, 0.15) is 41.0 Å². The average Bonchev–Trinajstić information content (AvgIpc) is 2.25. The van der Waals surface area contributed by atoms with Crippen LogP contribution in [0.15, 0.2) is 0 Å². The molecular weight excluding hydrogens is 234 g/mol. The lowest BCUT2D eigenvalue weighted by molar-refractivity contribution is -0.139. The van der Waals surface area contributed by atoms with Gasteiger partial charge in [-0.3, -0.25) is 0 Å². The van der Waals surface area contributed by atoms with E-state index in [4.69, 9.17) is 14.2 Å². The van der Waals surface area contributed by atoms with Crippen molar-refractivity contribution in [2.75, 3.05) is 14.2 Å². The Morgan fingerprint density at radius 2 is 1.89 bits per heavy atom. The van der Waals surface area contributed by atoms with Crippen LogP contribution in [0.4, 0.5) is 4.79 Å². The van der Waals surface area contributed by atoms with Crippen LogP contribution in [-0.2, 0) is 14.2 Å². The summed E-state index contributed by atoms with van der Waals surface area (Å²) in [6.07, 6.45) is -0.402. The van der Waals surface area contributed by atoms with E-state index in [0.29, 0.717) is 5.92 Å². The van der Waals surface area contributed by atoms with E-state index in [9.17, 15) is 4.79 Å². The van der Waals surface area contributed by atoms with Crippen molar-refractivity contribution in [1.82, 2.24) is 5.32 Å². The van der Waals surface area contributed by atoms with Crippen molar-refractivity contribution in [3.8, 4) is 0 Å². The molecule has 18 heavy (non-hydrogen) atoms. The number of methoxy groups -OCH3 is 1. The van der Waals surface area contributed by atoms with Gasteiger partial charge in [-0.25, -0.2) is 4.79 Å². The van der Waals surface area contributed by atoms with E-state index in [-0.39, 0.29) is 6.04 Å². The lowest BCUT2D eigenvalue weighted by atomic mass is 9.99. The van der Waals surface area contributed by atoms with E-state index < -0.39 is 18.0 Å². The molecule has 108 valence electrons. The number of hydrogen-bond acceptors (Lipinski definition) is 5. The average molecular weight is 261 g/mol. The summed E-state index contributed by atoms with van der Waals surface area (Å²) in [4.78, 5) is 11.6. The number of nitrogens with one attached hydrogen (secondary N) is 1. The van der Waals surface area contributed by atoms with E-state index >= 15 is 0 Å². The number of carbonyl (C=O) groups excluding carboxylic acids is 1. The third-order valence-electron chi connectivity index (χ3n) is 2.72. The zero-order chi connectivity index (χ0) is 14.3. The number of likely N-dealkylation sites (N-methyl/N-ethyl adjacent to an activating group) is 1. The van der Waals surface area contributed by atoms with Gasteiger partial charge in [0, 0.05) is 7.11 Å². The maximum Gasteiger partial charge on any atom is 0.511 e. The molecule has 5 nitrogen and oxygen atoms in total. The zero-order valence-corrected chi connectivity index (χ0v) is 12.6. The molecule has 0 aliphatic carbocycles. The van der Waals surface area contributed by atoms with Crippen LogP contribution in [0.3, 0.4) is 0 Å². The Hall–Kier alpha value is -0.810. The Balaban J connectivity index is 4.53. The Morgan fingerprint density at radius 3 is 2.22 bits per heavy atom. The Morgan fingerprint density at radius 1 is 1.33 bits per heavy atom. The number of hydrogen-bond donors (Lipinski definition) is 1. The molecule has 0 heterocycles. The molecule has 0 amide bonds. The second kappa shape index (κ2) is 7.59. The first-order valence-electron chi connectivity index (χ1n) is 6.34. The van der Waals surface area contributed by atoms with Gasteiger partial charge in [-0.05, 0) is 33.7 Å². The smallest absolute Gasteiger partial charge is 0.429 e. The topological polar surface area (TPSA) is 56.8 Å². The highest BCUT2D eigenvalue weighted by atomic mass is 16.8. The predicted molar refractivity (Wildman–Crippen MR) is 70.4 cm³/mol. The molecule has 0 fully saturated rings. The lowest BCUT2D eigenvalue weighted by Gasteiger charge is -2.30. The highest BCUT2D eigenvalue weighted by Crippen LogP contribution is 2.16. The molecule has 3 atom stereocenters. The van der Waals surface area contributed by atoms with Gasteiger partial charge in [0.25, 0.3) is 0 Å². The van der Waals surface area contributed by atoms with Crippen molar-refractivity contribution >= 4 is 6.16 Å². The first kappa shape index (κ1) is 17.2. The van der Waals surface area contributed by atoms with E-state index in [2.05, 4.69) is 19.2 Å². The summed E-state index contributed by atoms with van der Waals surface area (Å²) in [5.41, 5.74) is -0.569. The molecule has 0 bridgehead atoms. The van der Waals surface area contributed by atoms with Gasteiger partial charge in [0.15, 0.2) is 0 Å². The fourth-order valence-electron chi connectivity index (χ4n) is 1.58. The van der Waals surface area contributed by atoms with Crippen molar-refractivity contribution in [2.45, 2.75) is 59.0 Å². The van der Waals surface area contributed by atoms with Gasteiger partial charge in [0.05, 0.1) is 6.04 Å². The Kier molecular flexibility index (Phi) is 7.25. The number of ether oxygens (including phenoxy) is 3. The minimum absolute atomic E-state index is 0.0625. The summed E-state index contributed by atoms with van der Waals surface area (Å²) in [6, 6.07) is -0.0625. The van der Waals surface area contributed by atoms with Gasteiger partial charge in [-0.1, -0.05) is 20.3 Å². The maximum atomic E-state index is 11.6. The highest BCUT2D eigenvalue weighted by Gasteiger charge is 2.29. The van der Waals surface area contributed by atoms with Crippen LogP contribution in [0, 0.1) is 5.92 Å². The Labute approximate surface area is 110 Å². The molecule has 0 unspecified atom stereocenters. The molecule has 0 aliphatic heterocycles. The molecule has 0 aliphatic rings. The van der Waals surface area contributed by atoms with Crippen molar-refractivity contribution < 1.29 is 19.0 Å². The summed E-state index contributed by atoms with van der Waals surface area (Å²) in [7, 11) is 3.34. The fraction of sp³-hybridized carbons (Fsp3) is 0.923. The number of rotatable bonds is 6. The lowest BCUT2D eigenvalue weighted by Crippen LogP contribution is -2.46. The van der Waals surface area contributed by atoms with Gasteiger partial charge in [-0.15, -0.1) is 0 Å². The second-order valence-corrected chi connectivity index (χ2v) is 5.39. The minimum Gasteiger partial charge on any atom is -0.429 e. The predicted octanol–water partition coefficient (Wildman–Crippen LogP) is 2.54. The van der Waals surface area contributed by atoms with Gasteiger partial charge in [0.1, 0.15) is 5.60 Å². The zero-order valence-electron chi connectivity index (χ0n) is 12.6. The van der Waals surface area contributed by atoms with Crippen LogP contribution < -0.4 is 5.32 Å². The molecule has 0 aromatic carbocycles. The number of carbonyl (C=O) groups is 1. The summed E-state index contributed by atoms with van der Waals surface area (Å²) in [6.45, 7) is 9.53. The van der Waals surface area contributed by atoms with E-state index in [0.717, 1.165) is 6.42 Å². The second-order valence-electron chi connectivity index (χ2n) is 5.39. The minimum atomic E-state index is -0.710. The first-order chi connectivity index (χ1) is 8.25. The van der Waals surface area contributed by atoms with Crippen molar-refractivity contribution in [3.63, 3.8) is 0 Å². The Bertz CT molecular complexity index is 250. The molecule has 0 saturated carbocycles. The van der Waals surface area contributed by atoms with Gasteiger partial charge < -0.3 is 19.5 Å². The maximum absolute atomic E-state index is 11.6. The largest absolute Gasteiger partial charge is 0.511 e. The molecule has 0 aromatic heterocycles. The van der Waals surface area contributed by atoms with Crippen molar-refractivity contribution in [1.29, 1.82) is 0 Å². The molecular formula is C13H27NO4. The summed E-state index contributed by atoms with van der Waals surface area (Å²) in [5, 5.41) is 3.11. The SMILES string of the molecule is CC[C@H](C)[C@H](NC)[C@H](OC)OC(=O)OC(C)(C)C. The van der Waals surface area contributed by atoms with Gasteiger partial charge in [0.2, 0.25) is 6.29 Å². The van der Waals surface area contributed by atoms with E-state index in [1.807, 2.05) is 7.05 Å². The molecule has 0 saturated heterocycles. The van der Waals surface area contributed by atoms with Crippen LogP contribution in [-0.4, -0.2) is 38.2 Å². The monoisotopic (exact) mass is 261 g/mol. The van der Waals surface area contributed by atoms with Crippen LogP contribution in [0.2, 0.25) is 0 Å². The third kappa shape index (κ3) is 6.21. The highest BCUT2D eigenvalue weighted by molar-refractivity contribution is 5.60. The molecule has 0 rings (SSSR count). The summed E-state index contributed by atoms with van der Waals surface area (Å²) < 4.78 is 15.5. The molecule has 0 radical (unpaired) electrons. The van der Waals surface area contributed by atoms with Crippen molar-refractivity contribution in [3.05, 3.63) is 0 Å². The first-order valence-corrected chi connectivity index (χ1v) is 6.34. The van der Waals surface area contributed by atoms with Gasteiger partial charge in [-0.2, -0.15) is 0 Å². The third-order valence-corrected chi connectivity index (χ3v) is 2.72. The van der Waals surface area contributed by atoms with Crippen LogP contribution >= 0.6 is 0 Å². The molecule has 0 aromatic rings. The quantitative estimate of drug-likeness (QED) is 0.588. The molecule has 5 heteroatoms. The van der Waals surface area contributed by atoms with E-state index in [1.54, 1.807) is 20.8 Å². The molecule has 0 spiro atoms. The fourth-order valence-corrected chi connectivity index (χ4v) is 1.58. The van der Waals surface area contributed by atoms with E-state index in [1.165, 1.54) is 7.11 Å². The normalized spacial score (nSPS) is 16.8. The van der Waals surface area contributed by atoms with Gasteiger partial charge >= 0.3 is 6.16 Å². The standard InChI is InChI=1S/C13H27NO4/c1-8-9(2)10(14-6)11(16-7)17-12(15)18-13(3,4)5/h9-11,14H,8H2,1-7H3/t9-,10-,11+/m0/s1. The van der Waals surface area contributed by atoms with Crippen LogP contribution in [0.5, 0.6) is 0 Å². The van der Waals surface area contributed by atoms with Crippen LogP contribution in [0.25, 0.3) is 0 Å². The summed E-state index contributed by atoms with van der Waals surface area (Å²) >= 11 is 0.